The van der Waals surface area contributed by atoms with Gasteiger partial charge in [0.15, 0.2) is 0 Å². The fraction of sp³-hybridized carbons (Fsp3) is 0.350. The van der Waals surface area contributed by atoms with Gasteiger partial charge in [-0.1, -0.05) is 36.4 Å². The molecule has 1 N–H and O–H groups in total. The van der Waals surface area contributed by atoms with Gasteiger partial charge in [0.25, 0.3) is 0 Å². The molecule has 2 aromatic rings. The van der Waals surface area contributed by atoms with Crippen LogP contribution >= 0.6 is 11.8 Å². The second kappa shape index (κ2) is 10.7. The van der Waals surface area contributed by atoms with Crippen LogP contribution in [0.4, 0.5) is 18.9 Å². The number of benzene rings is 2. The van der Waals surface area contributed by atoms with Gasteiger partial charge in [-0.3, -0.25) is 9.10 Å². The maximum atomic E-state index is 12.9. The lowest BCUT2D eigenvalue weighted by Gasteiger charge is -2.22. The summed E-state index contributed by atoms with van der Waals surface area (Å²) in [5.41, 5.74) is 0.0156. The standard InChI is InChI=1S/C20H23F3N2O3S2/c1-30(27,28)25(18-10-5-9-17(13-18)20(21,22)23)14-19(26)24-11-6-12-29-15-16-7-3-2-4-8-16/h2-5,7-10,13H,6,11-12,14-15H2,1H3,(H,24,26). The van der Waals surface area contributed by atoms with Crippen LogP contribution in [0, 0.1) is 0 Å². The highest BCUT2D eigenvalue weighted by Gasteiger charge is 2.31. The molecule has 30 heavy (non-hydrogen) atoms. The van der Waals surface area contributed by atoms with Crippen LogP contribution < -0.4 is 9.62 Å². The van der Waals surface area contributed by atoms with E-state index in [0.717, 1.165) is 29.9 Å². The van der Waals surface area contributed by atoms with Gasteiger partial charge in [-0.05, 0) is 35.9 Å². The van der Waals surface area contributed by atoms with E-state index in [1.165, 1.54) is 11.6 Å². The van der Waals surface area contributed by atoms with Crippen LogP contribution in [0.15, 0.2) is 54.6 Å². The van der Waals surface area contributed by atoms with Crippen LogP contribution in [-0.2, 0) is 26.7 Å². The molecular weight excluding hydrogens is 437 g/mol. The molecule has 0 saturated heterocycles. The van der Waals surface area contributed by atoms with Crippen molar-refractivity contribution in [3.8, 4) is 0 Å². The summed E-state index contributed by atoms with van der Waals surface area (Å²) in [5, 5.41) is 2.62. The molecule has 0 atom stereocenters. The summed E-state index contributed by atoms with van der Waals surface area (Å²) in [6, 6.07) is 13.8. The Kier molecular flexibility index (Phi) is 8.60. The van der Waals surface area contributed by atoms with Crippen molar-refractivity contribution < 1.29 is 26.4 Å². The number of rotatable bonds is 10. The molecule has 5 nitrogen and oxygen atoms in total. The fourth-order valence-electron chi connectivity index (χ4n) is 2.59. The van der Waals surface area contributed by atoms with E-state index >= 15 is 0 Å². The first-order valence-corrected chi connectivity index (χ1v) is 12.1. The molecular formula is C20H23F3N2O3S2. The predicted octanol–water partition coefficient (Wildman–Crippen LogP) is 3.91. The molecule has 0 spiro atoms. The number of amides is 1. The molecule has 10 heteroatoms. The second-order valence-electron chi connectivity index (χ2n) is 6.56. The number of nitrogens with one attached hydrogen (secondary N) is 1. The maximum Gasteiger partial charge on any atom is 0.416 e. The smallest absolute Gasteiger partial charge is 0.354 e. The Labute approximate surface area is 178 Å². The summed E-state index contributed by atoms with van der Waals surface area (Å²) in [7, 11) is -3.94. The third-order valence-corrected chi connectivity index (χ3v) is 6.30. The van der Waals surface area contributed by atoms with Gasteiger partial charge in [-0.15, -0.1) is 0 Å². The van der Waals surface area contributed by atoms with Gasteiger partial charge in [-0.2, -0.15) is 24.9 Å². The van der Waals surface area contributed by atoms with E-state index in [1.807, 2.05) is 30.3 Å². The van der Waals surface area contributed by atoms with E-state index in [0.29, 0.717) is 23.3 Å². The number of halogens is 3. The number of thioether (sulfide) groups is 1. The molecule has 0 aliphatic carbocycles. The Morgan fingerprint density at radius 2 is 1.80 bits per heavy atom. The maximum absolute atomic E-state index is 12.9. The SMILES string of the molecule is CS(=O)(=O)N(CC(=O)NCCCSCc1ccccc1)c1cccc(C(F)(F)F)c1. The van der Waals surface area contributed by atoms with E-state index in [1.54, 1.807) is 11.8 Å². The van der Waals surface area contributed by atoms with Crippen molar-refractivity contribution in [2.24, 2.45) is 0 Å². The van der Waals surface area contributed by atoms with Crippen LogP contribution in [0.25, 0.3) is 0 Å². The highest BCUT2D eigenvalue weighted by atomic mass is 32.2. The molecule has 1 amide bonds. The second-order valence-corrected chi connectivity index (χ2v) is 9.57. The van der Waals surface area contributed by atoms with Crippen LogP contribution in [0.5, 0.6) is 0 Å². The summed E-state index contributed by atoms with van der Waals surface area (Å²) in [6.07, 6.45) is -3.08. The van der Waals surface area contributed by atoms with E-state index in [2.05, 4.69) is 5.32 Å². The minimum Gasteiger partial charge on any atom is -0.354 e. The first-order valence-electron chi connectivity index (χ1n) is 9.11. The van der Waals surface area contributed by atoms with E-state index in [-0.39, 0.29) is 5.69 Å². The van der Waals surface area contributed by atoms with Crippen molar-refractivity contribution >= 4 is 33.4 Å². The monoisotopic (exact) mass is 460 g/mol. The molecule has 0 saturated carbocycles. The summed E-state index contributed by atoms with van der Waals surface area (Å²) in [6.45, 7) is -0.238. The average Bonchev–Trinajstić information content (AvgIpc) is 2.68. The summed E-state index contributed by atoms with van der Waals surface area (Å²) >= 11 is 1.71. The molecule has 0 aliphatic heterocycles. The van der Waals surface area contributed by atoms with Crippen molar-refractivity contribution in [2.75, 3.05) is 29.4 Å². The first-order chi connectivity index (χ1) is 14.1. The quantitative estimate of drug-likeness (QED) is 0.546. The molecule has 0 bridgehead atoms. The fourth-order valence-corrected chi connectivity index (χ4v) is 4.36. The van der Waals surface area contributed by atoms with Crippen molar-refractivity contribution in [3.05, 3.63) is 65.7 Å². The minimum absolute atomic E-state index is 0.208. The van der Waals surface area contributed by atoms with Crippen molar-refractivity contribution in [2.45, 2.75) is 18.3 Å². The predicted molar refractivity (Wildman–Crippen MR) is 114 cm³/mol. The van der Waals surface area contributed by atoms with Gasteiger partial charge in [0, 0.05) is 12.3 Å². The number of carbonyl (C=O) groups is 1. The Morgan fingerprint density at radius 3 is 2.43 bits per heavy atom. The summed E-state index contributed by atoms with van der Waals surface area (Å²) in [4.78, 5) is 12.2. The van der Waals surface area contributed by atoms with E-state index < -0.39 is 34.2 Å². The topological polar surface area (TPSA) is 66.5 Å². The van der Waals surface area contributed by atoms with Crippen molar-refractivity contribution in [1.82, 2.24) is 5.32 Å². The van der Waals surface area contributed by atoms with Crippen LogP contribution in [-0.4, -0.2) is 39.4 Å². The Hall–Kier alpha value is -2.20. The molecule has 0 radical (unpaired) electrons. The molecule has 0 aliphatic rings. The number of carbonyl (C=O) groups excluding carboxylic acids is 1. The number of anilines is 1. The molecule has 0 aromatic heterocycles. The Morgan fingerprint density at radius 1 is 1.10 bits per heavy atom. The van der Waals surface area contributed by atoms with Crippen LogP contribution in [0.2, 0.25) is 0 Å². The van der Waals surface area contributed by atoms with Gasteiger partial charge < -0.3 is 5.32 Å². The van der Waals surface area contributed by atoms with Crippen LogP contribution in [0.3, 0.4) is 0 Å². The number of nitrogens with zero attached hydrogens (tertiary/aromatic N) is 1. The molecule has 0 heterocycles. The summed E-state index contributed by atoms with van der Waals surface area (Å²) in [5.74, 6) is 1.08. The van der Waals surface area contributed by atoms with Crippen molar-refractivity contribution in [3.63, 3.8) is 0 Å². The zero-order valence-corrected chi connectivity index (χ0v) is 18.0. The summed E-state index contributed by atoms with van der Waals surface area (Å²) < 4.78 is 63.5. The van der Waals surface area contributed by atoms with Gasteiger partial charge in [0.05, 0.1) is 17.5 Å². The van der Waals surface area contributed by atoms with Crippen molar-refractivity contribution in [1.29, 1.82) is 0 Å². The Balaban J connectivity index is 1.86. The minimum atomic E-state index is -4.61. The van der Waals surface area contributed by atoms with Gasteiger partial charge in [-0.25, -0.2) is 8.42 Å². The number of hydrogen-bond donors (Lipinski definition) is 1. The highest BCUT2D eigenvalue weighted by molar-refractivity contribution is 7.98. The molecule has 0 unspecified atom stereocenters. The third kappa shape index (κ3) is 7.91. The van der Waals surface area contributed by atoms with Gasteiger partial charge >= 0.3 is 6.18 Å². The lowest BCUT2D eigenvalue weighted by Crippen LogP contribution is -2.40. The lowest BCUT2D eigenvalue weighted by atomic mass is 10.2. The first kappa shape index (κ1) is 24.1. The van der Waals surface area contributed by atoms with E-state index in [9.17, 15) is 26.4 Å². The van der Waals surface area contributed by atoms with Gasteiger partial charge in [0.2, 0.25) is 15.9 Å². The number of hydrogen-bond acceptors (Lipinski definition) is 4. The number of sulfonamides is 1. The zero-order chi connectivity index (χ0) is 22.2. The molecule has 2 aromatic carbocycles. The van der Waals surface area contributed by atoms with Gasteiger partial charge in [0.1, 0.15) is 6.54 Å². The highest BCUT2D eigenvalue weighted by Crippen LogP contribution is 2.32. The van der Waals surface area contributed by atoms with E-state index in [4.69, 9.17) is 0 Å². The largest absolute Gasteiger partial charge is 0.416 e. The lowest BCUT2D eigenvalue weighted by molar-refractivity contribution is -0.137. The normalized spacial score (nSPS) is 11.9. The average molecular weight is 461 g/mol. The third-order valence-electron chi connectivity index (χ3n) is 4.05. The molecule has 0 fully saturated rings. The Bertz CT molecular complexity index is 936. The molecule has 2 rings (SSSR count). The molecule has 164 valence electrons. The number of alkyl halides is 3. The van der Waals surface area contributed by atoms with Crippen LogP contribution in [0.1, 0.15) is 17.5 Å². The zero-order valence-electron chi connectivity index (χ0n) is 16.4.